The summed E-state index contributed by atoms with van der Waals surface area (Å²) >= 11 is 0. The minimum Gasteiger partial charge on any atom is -0.429 e. The van der Waals surface area contributed by atoms with Crippen molar-refractivity contribution in [1.29, 1.82) is 0 Å². The molecule has 0 aromatic heterocycles. The maximum absolute atomic E-state index is 14.9. The third kappa shape index (κ3) is 5.28. The van der Waals surface area contributed by atoms with Gasteiger partial charge in [0.15, 0.2) is 17.5 Å². The fourth-order valence-electron chi connectivity index (χ4n) is 4.43. The molecule has 1 nitrogen and oxygen atoms in total. The van der Waals surface area contributed by atoms with E-state index < -0.39 is 52.3 Å². The second kappa shape index (κ2) is 9.87. The van der Waals surface area contributed by atoms with E-state index in [4.69, 9.17) is 0 Å². The van der Waals surface area contributed by atoms with Crippen LogP contribution >= 0.6 is 0 Å². The molecule has 0 unspecified atom stereocenters. The fourth-order valence-corrected chi connectivity index (χ4v) is 4.43. The summed E-state index contributed by atoms with van der Waals surface area (Å²) < 4.78 is 117. The summed E-state index contributed by atoms with van der Waals surface area (Å²) in [5.74, 6) is -10.9. The molecule has 4 rings (SSSR count). The Balaban J connectivity index is 1.63. The summed E-state index contributed by atoms with van der Waals surface area (Å²) in [6.45, 7) is 0. The maximum Gasteiger partial charge on any atom is 0.432 e. The van der Waals surface area contributed by atoms with Crippen LogP contribution in [0.2, 0.25) is 0 Å². The number of hydrogen-bond acceptors (Lipinski definition) is 1. The van der Waals surface area contributed by atoms with Crippen molar-refractivity contribution < 1.29 is 39.9 Å². The Hall–Kier alpha value is -3.10. The van der Waals surface area contributed by atoms with Crippen LogP contribution in [0.25, 0.3) is 11.1 Å². The molecule has 1 saturated carbocycles. The Morgan fingerprint density at radius 2 is 1.23 bits per heavy atom. The van der Waals surface area contributed by atoms with Crippen molar-refractivity contribution in [2.75, 3.05) is 0 Å². The molecule has 35 heavy (non-hydrogen) atoms. The Morgan fingerprint density at radius 3 is 1.77 bits per heavy atom. The molecule has 9 heteroatoms. The second-order valence-electron chi connectivity index (χ2n) is 8.56. The number of rotatable bonds is 5. The van der Waals surface area contributed by atoms with Crippen LogP contribution in [-0.4, -0.2) is 0 Å². The fraction of sp³-hybridized carbons (Fsp3) is 0.308. The van der Waals surface area contributed by atoms with Gasteiger partial charge in [-0.2, -0.15) is 8.78 Å². The molecule has 1 aliphatic carbocycles. The monoisotopic (exact) mass is 500 g/mol. The molecule has 3 aromatic rings. The molecule has 0 amide bonds. The smallest absolute Gasteiger partial charge is 0.429 e. The van der Waals surface area contributed by atoms with Crippen LogP contribution in [0.4, 0.5) is 35.1 Å². The molecule has 0 heterocycles. The van der Waals surface area contributed by atoms with Crippen LogP contribution in [0.5, 0.6) is 5.75 Å². The van der Waals surface area contributed by atoms with Gasteiger partial charge in [-0.25, -0.2) is 26.3 Å². The van der Waals surface area contributed by atoms with Gasteiger partial charge in [-0.15, -0.1) is 0 Å². The molecule has 0 radical (unpaired) electrons. The number of alkyl halides is 2. The van der Waals surface area contributed by atoms with Crippen LogP contribution in [0.1, 0.15) is 55.6 Å². The lowest BCUT2D eigenvalue weighted by atomic mass is 9.90. The van der Waals surface area contributed by atoms with E-state index in [2.05, 4.69) is 4.74 Å². The van der Waals surface area contributed by atoms with Gasteiger partial charge in [0, 0.05) is 17.7 Å². The van der Waals surface area contributed by atoms with Gasteiger partial charge in [-0.3, -0.25) is 0 Å². The number of halogens is 8. The minimum atomic E-state index is -4.72. The molecular weight excluding hydrogens is 480 g/mol. The predicted molar refractivity (Wildman–Crippen MR) is 113 cm³/mol. The van der Waals surface area contributed by atoms with E-state index in [0.717, 1.165) is 44.1 Å². The maximum atomic E-state index is 14.9. The molecule has 0 N–H and O–H groups in total. The summed E-state index contributed by atoms with van der Waals surface area (Å²) in [5, 5.41) is 0. The highest BCUT2D eigenvalue weighted by Gasteiger charge is 2.41. The summed E-state index contributed by atoms with van der Waals surface area (Å²) in [7, 11) is 0. The second-order valence-corrected chi connectivity index (χ2v) is 8.56. The Labute approximate surface area is 196 Å². The zero-order valence-corrected chi connectivity index (χ0v) is 18.3. The van der Waals surface area contributed by atoms with Crippen molar-refractivity contribution in [1.82, 2.24) is 0 Å². The van der Waals surface area contributed by atoms with E-state index in [1.807, 2.05) is 0 Å². The van der Waals surface area contributed by atoms with Gasteiger partial charge in [0.1, 0.15) is 28.8 Å². The van der Waals surface area contributed by atoms with E-state index in [-0.39, 0.29) is 29.2 Å². The topological polar surface area (TPSA) is 9.23 Å². The highest BCUT2D eigenvalue weighted by molar-refractivity contribution is 5.65. The Bertz CT molecular complexity index is 1190. The largest absolute Gasteiger partial charge is 0.432 e. The molecule has 0 bridgehead atoms. The van der Waals surface area contributed by atoms with Gasteiger partial charge >= 0.3 is 6.11 Å². The van der Waals surface area contributed by atoms with Gasteiger partial charge < -0.3 is 4.74 Å². The highest BCUT2D eigenvalue weighted by atomic mass is 19.3. The van der Waals surface area contributed by atoms with E-state index in [0.29, 0.717) is 12.1 Å². The third-order valence-electron chi connectivity index (χ3n) is 6.17. The van der Waals surface area contributed by atoms with Gasteiger partial charge in [0.05, 0.1) is 0 Å². The van der Waals surface area contributed by atoms with Crippen LogP contribution in [0, 0.1) is 34.9 Å². The zero-order chi connectivity index (χ0) is 25.3. The Kier molecular flexibility index (Phi) is 7.05. The average molecular weight is 500 g/mol. The Morgan fingerprint density at radius 1 is 0.657 bits per heavy atom. The van der Waals surface area contributed by atoms with Crippen molar-refractivity contribution in [3.8, 4) is 16.9 Å². The van der Waals surface area contributed by atoms with Crippen LogP contribution < -0.4 is 4.74 Å². The van der Waals surface area contributed by atoms with Crippen LogP contribution in [0.15, 0.2) is 42.5 Å². The number of ether oxygens (including phenoxy) is 1. The highest BCUT2D eigenvalue weighted by Crippen LogP contribution is 2.39. The first-order valence-corrected chi connectivity index (χ1v) is 11.1. The van der Waals surface area contributed by atoms with Crippen LogP contribution in [-0.2, 0) is 6.11 Å². The molecule has 1 fully saturated rings. The molecule has 1 aliphatic rings. The lowest BCUT2D eigenvalue weighted by Gasteiger charge is -2.20. The summed E-state index contributed by atoms with van der Waals surface area (Å²) in [6, 6.07) is 5.57. The van der Waals surface area contributed by atoms with Gasteiger partial charge in [-0.1, -0.05) is 37.8 Å². The summed E-state index contributed by atoms with van der Waals surface area (Å²) in [6.07, 6.45) is 1.38. The molecule has 0 spiro atoms. The molecule has 186 valence electrons. The van der Waals surface area contributed by atoms with Gasteiger partial charge in [0.25, 0.3) is 0 Å². The molecule has 0 atom stereocenters. The van der Waals surface area contributed by atoms with Crippen LogP contribution in [0.3, 0.4) is 0 Å². The lowest BCUT2D eigenvalue weighted by Crippen LogP contribution is -2.25. The third-order valence-corrected chi connectivity index (χ3v) is 6.17. The summed E-state index contributed by atoms with van der Waals surface area (Å²) in [5.41, 5.74) is -1.58. The van der Waals surface area contributed by atoms with Crippen molar-refractivity contribution in [3.05, 3.63) is 88.5 Å². The minimum absolute atomic E-state index is 0.113. The number of benzene rings is 3. The first-order valence-electron chi connectivity index (χ1n) is 11.1. The van der Waals surface area contributed by atoms with Crippen molar-refractivity contribution in [2.45, 2.75) is 50.6 Å². The van der Waals surface area contributed by atoms with Gasteiger partial charge in [0.2, 0.25) is 0 Å². The molecule has 0 saturated heterocycles. The molecule has 0 aliphatic heterocycles. The standard InChI is InChI=1S/C26H20F8O/c27-19-9-15(14-5-3-1-2-4-6-14)7-8-18(19)16-10-20(28)24(21(29)11-16)26(33,34)35-17-12-22(30)25(32)23(31)13-17/h7-14H,1-6H2. The lowest BCUT2D eigenvalue weighted by molar-refractivity contribution is -0.189. The summed E-state index contributed by atoms with van der Waals surface area (Å²) in [4.78, 5) is 0. The first-order chi connectivity index (χ1) is 16.6. The van der Waals surface area contributed by atoms with Gasteiger partial charge in [-0.05, 0) is 48.1 Å². The van der Waals surface area contributed by atoms with Crippen molar-refractivity contribution in [3.63, 3.8) is 0 Å². The quantitative estimate of drug-likeness (QED) is 0.193. The van der Waals surface area contributed by atoms with E-state index in [1.54, 1.807) is 6.07 Å². The first kappa shape index (κ1) is 25.0. The zero-order valence-electron chi connectivity index (χ0n) is 18.3. The van der Waals surface area contributed by atoms with E-state index in [1.165, 1.54) is 12.1 Å². The number of hydrogen-bond donors (Lipinski definition) is 0. The van der Waals surface area contributed by atoms with E-state index >= 15 is 0 Å². The normalized spacial score (nSPS) is 15.2. The average Bonchev–Trinajstić information content (AvgIpc) is 3.06. The molecular formula is C26H20F8O. The molecule has 3 aromatic carbocycles. The SMILES string of the molecule is Fc1cc(C2CCCCCC2)ccc1-c1cc(F)c(C(F)(F)Oc2cc(F)c(F)c(F)c2)c(F)c1. The predicted octanol–water partition coefficient (Wildman–Crippen LogP) is 8.75. The van der Waals surface area contributed by atoms with Crippen molar-refractivity contribution in [2.24, 2.45) is 0 Å². The van der Waals surface area contributed by atoms with Crippen molar-refractivity contribution >= 4 is 0 Å². The van der Waals surface area contributed by atoms with E-state index in [9.17, 15) is 35.1 Å².